The number of carbonyl (C=O) groups is 1. The molecule has 106 valence electrons. The van der Waals surface area contributed by atoms with E-state index in [0.717, 1.165) is 0 Å². The second-order valence-electron chi connectivity index (χ2n) is 4.41. The van der Waals surface area contributed by atoms with Crippen molar-refractivity contribution in [3.8, 4) is 0 Å². The Hall–Kier alpha value is -3.10. The van der Waals surface area contributed by atoms with E-state index in [1.165, 1.54) is 0 Å². The summed E-state index contributed by atoms with van der Waals surface area (Å²) in [5.74, 6) is -0.0724. The summed E-state index contributed by atoms with van der Waals surface area (Å²) in [4.78, 5) is 24.0. The molecule has 21 heavy (non-hydrogen) atoms. The standard InChI is InChI=1S/C12H11N7O2/c1-6(10-15-18-19-16-10)13-12(21)9-7-4-2-3-5-8(7)11(20)17-14-9/h2-6H,1H3,(H,13,21)(H,17,20)(H,15,16,18,19). The van der Waals surface area contributed by atoms with Crippen molar-refractivity contribution < 1.29 is 4.79 Å². The highest BCUT2D eigenvalue weighted by atomic mass is 16.2. The third kappa shape index (κ3) is 2.36. The average Bonchev–Trinajstić information content (AvgIpc) is 3.02. The monoisotopic (exact) mass is 285 g/mol. The Labute approximate surface area is 117 Å². The molecule has 0 bridgehead atoms. The molecule has 3 rings (SSSR count). The van der Waals surface area contributed by atoms with Crippen LogP contribution in [0.3, 0.4) is 0 Å². The molecule has 0 spiro atoms. The summed E-state index contributed by atoms with van der Waals surface area (Å²) in [6.45, 7) is 1.72. The van der Waals surface area contributed by atoms with E-state index in [-0.39, 0.29) is 11.3 Å². The van der Waals surface area contributed by atoms with Gasteiger partial charge in [-0.05, 0) is 13.0 Å². The predicted molar refractivity (Wildman–Crippen MR) is 72.4 cm³/mol. The number of nitrogens with one attached hydrogen (secondary N) is 3. The summed E-state index contributed by atoms with van der Waals surface area (Å²) >= 11 is 0. The van der Waals surface area contributed by atoms with E-state index in [0.29, 0.717) is 16.6 Å². The van der Waals surface area contributed by atoms with E-state index in [4.69, 9.17) is 0 Å². The number of hydrogen-bond donors (Lipinski definition) is 3. The molecule has 0 radical (unpaired) electrons. The van der Waals surface area contributed by atoms with Crippen LogP contribution in [0.25, 0.3) is 10.8 Å². The molecule has 2 aromatic heterocycles. The lowest BCUT2D eigenvalue weighted by molar-refractivity contribution is 0.0934. The maximum absolute atomic E-state index is 12.3. The van der Waals surface area contributed by atoms with E-state index in [1.54, 1.807) is 31.2 Å². The van der Waals surface area contributed by atoms with Crippen LogP contribution in [0.15, 0.2) is 29.1 Å². The summed E-state index contributed by atoms with van der Waals surface area (Å²) in [7, 11) is 0. The molecule has 0 aliphatic heterocycles. The molecule has 0 aliphatic carbocycles. The van der Waals surface area contributed by atoms with E-state index in [9.17, 15) is 9.59 Å². The van der Waals surface area contributed by atoms with Gasteiger partial charge >= 0.3 is 0 Å². The normalized spacial score (nSPS) is 12.2. The third-order valence-corrected chi connectivity index (χ3v) is 3.01. The molecule has 1 aromatic carbocycles. The van der Waals surface area contributed by atoms with Crippen LogP contribution in [0, 0.1) is 0 Å². The topological polar surface area (TPSA) is 129 Å². The lowest BCUT2D eigenvalue weighted by atomic mass is 10.1. The summed E-state index contributed by atoms with van der Waals surface area (Å²) in [5, 5.41) is 23.1. The second-order valence-corrected chi connectivity index (χ2v) is 4.41. The van der Waals surface area contributed by atoms with E-state index in [1.807, 2.05) is 0 Å². The van der Waals surface area contributed by atoms with Crippen LogP contribution in [0.4, 0.5) is 0 Å². The number of H-pyrrole nitrogens is 2. The number of hydrogen-bond acceptors (Lipinski definition) is 6. The van der Waals surface area contributed by atoms with Crippen LogP contribution in [0.5, 0.6) is 0 Å². The van der Waals surface area contributed by atoms with Crippen LogP contribution >= 0.6 is 0 Å². The smallest absolute Gasteiger partial charge is 0.272 e. The number of carbonyl (C=O) groups excluding carboxylic acids is 1. The number of benzene rings is 1. The lowest BCUT2D eigenvalue weighted by Crippen LogP contribution is -2.29. The van der Waals surface area contributed by atoms with Gasteiger partial charge in [-0.25, -0.2) is 5.10 Å². The zero-order valence-electron chi connectivity index (χ0n) is 11.0. The first-order valence-corrected chi connectivity index (χ1v) is 6.18. The number of amides is 1. The molecule has 0 fully saturated rings. The maximum atomic E-state index is 12.3. The van der Waals surface area contributed by atoms with Gasteiger partial charge < -0.3 is 5.32 Å². The molecule has 3 N–H and O–H groups in total. The summed E-state index contributed by atoms with van der Waals surface area (Å²) in [6, 6.07) is 6.33. The van der Waals surface area contributed by atoms with Crippen molar-refractivity contribution in [3.63, 3.8) is 0 Å². The molecule has 1 amide bonds. The quantitative estimate of drug-likeness (QED) is 0.617. The molecule has 9 heteroatoms. The predicted octanol–water partition coefficient (Wildman–Crippen LogP) is -0.0728. The average molecular weight is 285 g/mol. The first kappa shape index (κ1) is 12.9. The molecule has 0 aliphatic rings. The highest BCUT2D eigenvalue weighted by molar-refractivity contribution is 6.04. The van der Waals surface area contributed by atoms with E-state index in [2.05, 4.69) is 36.1 Å². The minimum absolute atomic E-state index is 0.139. The zero-order chi connectivity index (χ0) is 14.8. The summed E-state index contributed by atoms with van der Waals surface area (Å²) < 4.78 is 0. The molecular formula is C12H11N7O2. The Kier molecular flexibility index (Phi) is 3.14. The molecular weight excluding hydrogens is 274 g/mol. The van der Waals surface area contributed by atoms with Crippen molar-refractivity contribution in [1.82, 2.24) is 36.1 Å². The highest BCUT2D eigenvalue weighted by Crippen LogP contribution is 2.13. The van der Waals surface area contributed by atoms with Gasteiger partial charge in [0, 0.05) is 5.39 Å². The van der Waals surface area contributed by atoms with Crippen molar-refractivity contribution in [3.05, 3.63) is 46.1 Å². The number of tetrazole rings is 1. The lowest BCUT2D eigenvalue weighted by Gasteiger charge is -2.10. The van der Waals surface area contributed by atoms with Gasteiger partial charge in [-0.1, -0.05) is 23.4 Å². The second kappa shape index (κ2) is 5.12. The minimum Gasteiger partial charge on any atom is -0.341 e. The van der Waals surface area contributed by atoms with Gasteiger partial charge in [-0.3, -0.25) is 9.59 Å². The molecule has 2 heterocycles. The van der Waals surface area contributed by atoms with Crippen LogP contribution in [-0.4, -0.2) is 36.7 Å². The molecule has 0 saturated heterocycles. The first-order valence-electron chi connectivity index (χ1n) is 6.18. The van der Waals surface area contributed by atoms with Gasteiger partial charge in [0.25, 0.3) is 11.5 Å². The van der Waals surface area contributed by atoms with Gasteiger partial charge in [0.2, 0.25) is 0 Å². The molecule has 1 atom stereocenters. The van der Waals surface area contributed by atoms with Crippen LogP contribution < -0.4 is 10.9 Å². The van der Waals surface area contributed by atoms with Gasteiger partial charge in [0.1, 0.15) is 0 Å². The SMILES string of the molecule is CC(NC(=O)c1n[nH]c(=O)c2ccccc12)c1nn[nH]n1. The van der Waals surface area contributed by atoms with Gasteiger partial charge in [0.15, 0.2) is 11.5 Å². The number of rotatable bonds is 3. The molecule has 0 saturated carbocycles. The maximum Gasteiger partial charge on any atom is 0.272 e. The number of fused-ring (bicyclic) bond motifs is 1. The van der Waals surface area contributed by atoms with Crippen LogP contribution in [-0.2, 0) is 0 Å². The fourth-order valence-corrected chi connectivity index (χ4v) is 1.97. The van der Waals surface area contributed by atoms with Crippen molar-refractivity contribution in [2.45, 2.75) is 13.0 Å². The van der Waals surface area contributed by atoms with E-state index >= 15 is 0 Å². The molecule has 9 nitrogen and oxygen atoms in total. The highest BCUT2D eigenvalue weighted by Gasteiger charge is 2.18. The minimum atomic E-state index is -0.441. The van der Waals surface area contributed by atoms with Crippen molar-refractivity contribution in [1.29, 1.82) is 0 Å². The Morgan fingerprint density at radius 2 is 2.00 bits per heavy atom. The van der Waals surface area contributed by atoms with Gasteiger partial charge in [0.05, 0.1) is 11.4 Å². The molecule has 1 unspecified atom stereocenters. The third-order valence-electron chi connectivity index (χ3n) is 3.01. The fourth-order valence-electron chi connectivity index (χ4n) is 1.97. The summed E-state index contributed by atoms with van der Waals surface area (Å²) in [5.41, 5.74) is -0.200. The van der Waals surface area contributed by atoms with Crippen molar-refractivity contribution in [2.24, 2.45) is 0 Å². The zero-order valence-corrected chi connectivity index (χ0v) is 11.0. The number of aromatic nitrogens is 6. The van der Waals surface area contributed by atoms with Gasteiger partial charge in [-0.2, -0.15) is 10.3 Å². The summed E-state index contributed by atoms with van der Waals surface area (Å²) in [6.07, 6.45) is 0. The first-order chi connectivity index (χ1) is 10.2. The Morgan fingerprint density at radius 3 is 2.71 bits per heavy atom. The van der Waals surface area contributed by atoms with Crippen molar-refractivity contribution in [2.75, 3.05) is 0 Å². The van der Waals surface area contributed by atoms with Crippen molar-refractivity contribution >= 4 is 16.7 Å². The number of aromatic amines is 2. The Morgan fingerprint density at radius 1 is 1.24 bits per heavy atom. The van der Waals surface area contributed by atoms with Gasteiger partial charge in [-0.15, -0.1) is 10.2 Å². The van der Waals surface area contributed by atoms with Crippen LogP contribution in [0.2, 0.25) is 0 Å². The fraction of sp³-hybridized carbons (Fsp3) is 0.167. The van der Waals surface area contributed by atoms with Crippen LogP contribution in [0.1, 0.15) is 29.3 Å². The number of nitrogens with zero attached hydrogens (tertiary/aromatic N) is 4. The van der Waals surface area contributed by atoms with E-state index < -0.39 is 11.9 Å². The molecule has 3 aromatic rings. The Balaban J connectivity index is 1.95. The Bertz CT molecular complexity index is 840. The largest absolute Gasteiger partial charge is 0.341 e.